The van der Waals surface area contributed by atoms with Gasteiger partial charge in [-0.2, -0.15) is 0 Å². The zero-order valence-electron chi connectivity index (χ0n) is 13.7. The zero-order valence-corrected chi connectivity index (χ0v) is 13.7. The van der Waals surface area contributed by atoms with Crippen molar-refractivity contribution in [2.75, 3.05) is 0 Å². The number of nitrogens with one attached hydrogen (secondary N) is 1. The minimum absolute atomic E-state index is 0.00112. The summed E-state index contributed by atoms with van der Waals surface area (Å²) in [7, 11) is 0. The lowest BCUT2D eigenvalue weighted by Gasteiger charge is -2.46. The van der Waals surface area contributed by atoms with Crippen molar-refractivity contribution in [3.8, 4) is 0 Å². The molecule has 0 radical (unpaired) electrons. The predicted octanol–water partition coefficient (Wildman–Crippen LogP) is 2.86. The second-order valence-corrected chi connectivity index (χ2v) is 6.16. The minimum Gasteiger partial charge on any atom is -0.340 e. The van der Waals surface area contributed by atoms with Gasteiger partial charge in [0.1, 0.15) is 11.6 Å². The van der Waals surface area contributed by atoms with Gasteiger partial charge in [0.25, 0.3) is 0 Å². The average Bonchev–Trinajstić information content (AvgIpc) is 2.42. The summed E-state index contributed by atoms with van der Waals surface area (Å²) in [6.45, 7) is 10.0. The molecule has 1 rings (SSSR count). The van der Waals surface area contributed by atoms with Crippen LogP contribution in [0.3, 0.4) is 0 Å². The molecule has 0 aromatic heterocycles. The molecule has 0 saturated carbocycles. The van der Waals surface area contributed by atoms with Gasteiger partial charge in [-0.15, -0.1) is 0 Å². The molecule has 3 atom stereocenters. The maximum absolute atomic E-state index is 12.8. The molecule has 0 spiro atoms. The maximum Gasteiger partial charge on any atom is 0.248 e. The lowest BCUT2D eigenvalue weighted by Crippen LogP contribution is -2.70. The van der Waals surface area contributed by atoms with E-state index in [9.17, 15) is 9.59 Å². The molecule has 1 saturated heterocycles. The molecule has 3 unspecified atom stereocenters. The van der Waals surface area contributed by atoms with Gasteiger partial charge in [0, 0.05) is 6.04 Å². The first-order valence-electron chi connectivity index (χ1n) is 8.06. The third kappa shape index (κ3) is 3.33. The van der Waals surface area contributed by atoms with Crippen molar-refractivity contribution in [3.05, 3.63) is 0 Å². The van der Waals surface area contributed by atoms with E-state index in [4.69, 9.17) is 0 Å². The van der Waals surface area contributed by atoms with Gasteiger partial charge < -0.3 is 10.2 Å². The molecular formula is C16H30N2O2. The summed E-state index contributed by atoms with van der Waals surface area (Å²) in [5, 5.41) is 2.92. The first kappa shape index (κ1) is 17.0. The molecule has 0 bridgehead atoms. The predicted molar refractivity (Wildman–Crippen MR) is 81.4 cm³/mol. The van der Waals surface area contributed by atoms with E-state index in [0.717, 1.165) is 12.8 Å². The van der Waals surface area contributed by atoms with Crippen molar-refractivity contribution in [1.29, 1.82) is 0 Å². The highest BCUT2D eigenvalue weighted by Crippen LogP contribution is 2.26. The molecule has 0 aliphatic carbocycles. The second kappa shape index (κ2) is 7.09. The quantitative estimate of drug-likeness (QED) is 0.730. The van der Waals surface area contributed by atoms with E-state index in [1.165, 1.54) is 12.8 Å². The Labute approximate surface area is 123 Å². The fourth-order valence-corrected chi connectivity index (χ4v) is 2.92. The SMILES string of the molecule is CCCCCC(C)N1C(=O)C(C)(CC)NC(=O)C1CC. The Hall–Kier alpha value is -1.06. The Morgan fingerprint density at radius 2 is 1.90 bits per heavy atom. The van der Waals surface area contributed by atoms with Crippen LogP contribution in [0.4, 0.5) is 0 Å². The molecule has 1 aliphatic heterocycles. The monoisotopic (exact) mass is 282 g/mol. The number of carbonyl (C=O) groups excluding carboxylic acids is 2. The standard InChI is InChI=1S/C16H30N2O2/c1-6-9-10-11-12(4)18-13(7-2)14(19)17-16(5,8-3)15(18)20/h12-13H,6-11H2,1-5H3,(H,17,19). The summed E-state index contributed by atoms with van der Waals surface area (Å²) in [6.07, 6.45) is 5.75. The van der Waals surface area contributed by atoms with E-state index in [2.05, 4.69) is 19.2 Å². The summed E-state index contributed by atoms with van der Waals surface area (Å²) in [6, 6.07) is -0.172. The van der Waals surface area contributed by atoms with Gasteiger partial charge in [-0.05, 0) is 33.1 Å². The Kier molecular flexibility index (Phi) is 6.03. The van der Waals surface area contributed by atoms with E-state index in [1.54, 1.807) is 0 Å². The van der Waals surface area contributed by atoms with Gasteiger partial charge in [0.05, 0.1) is 0 Å². The number of carbonyl (C=O) groups is 2. The van der Waals surface area contributed by atoms with E-state index < -0.39 is 5.54 Å². The van der Waals surface area contributed by atoms with Crippen LogP contribution in [0.15, 0.2) is 0 Å². The van der Waals surface area contributed by atoms with Crippen molar-refractivity contribution >= 4 is 11.8 Å². The molecule has 1 aliphatic rings. The highest BCUT2D eigenvalue weighted by atomic mass is 16.2. The van der Waals surface area contributed by atoms with Gasteiger partial charge in [-0.25, -0.2) is 0 Å². The number of unbranched alkanes of at least 4 members (excludes halogenated alkanes) is 2. The fraction of sp³-hybridized carbons (Fsp3) is 0.875. The molecule has 2 amide bonds. The Balaban J connectivity index is 2.90. The van der Waals surface area contributed by atoms with Crippen LogP contribution in [0.1, 0.15) is 73.1 Å². The molecule has 0 aromatic rings. The van der Waals surface area contributed by atoms with Crippen LogP contribution in [0.25, 0.3) is 0 Å². The first-order valence-corrected chi connectivity index (χ1v) is 8.06. The molecule has 4 nitrogen and oxygen atoms in total. The summed E-state index contributed by atoms with van der Waals surface area (Å²) in [4.78, 5) is 26.9. The zero-order chi connectivity index (χ0) is 15.3. The lowest BCUT2D eigenvalue weighted by atomic mass is 9.89. The Morgan fingerprint density at radius 1 is 1.25 bits per heavy atom. The molecule has 1 fully saturated rings. The third-order valence-electron chi connectivity index (χ3n) is 4.54. The number of rotatable bonds is 7. The third-order valence-corrected chi connectivity index (χ3v) is 4.54. The van der Waals surface area contributed by atoms with Crippen molar-refractivity contribution in [2.45, 2.75) is 90.8 Å². The number of hydrogen-bond donors (Lipinski definition) is 1. The highest BCUT2D eigenvalue weighted by molar-refractivity contribution is 5.99. The molecule has 1 heterocycles. The van der Waals surface area contributed by atoms with E-state index in [-0.39, 0.29) is 23.9 Å². The van der Waals surface area contributed by atoms with E-state index in [1.807, 2.05) is 25.7 Å². The lowest BCUT2D eigenvalue weighted by molar-refractivity contribution is -0.157. The fourth-order valence-electron chi connectivity index (χ4n) is 2.92. The van der Waals surface area contributed by atoms with Gasteiger partial charge in [-0.1, -0.05) is 40.0 Å². The highest BCUT2D eigenvalue weighted by Gasteiger charge is 2.47. The van der Waals surface area contributed by atoms with Crippen LogP contribution in [0.5, 0.6) is 0 Å². The van der Waals surface area contributed by atoms with Crippen LogP contribution in [0.2, 0.25) is 0 Å². The van der Waals surface area contributed by atoms with Crippen LogP contribution < -0.4 is 5.32 Å². The topological polar surface area (TPSA) is 49.4 Å². The van der Waals surface area contributed by atoms with Crippen molar-refractivity contribution < 1.29 is 9.59 Å². The van der Waals surface area contributed by atoms with Crippen LogP contribution in [-0.4, -0.2) is 34.3 Å². The Morgan fingerprint density at radius 3 is 2.40 bits per heavy atom. The van der Waals surface area contributed by atoms with Crippen molar-refractivity contribution in [3.63, 3.8) is 0 Å². The summed E-state index contributed by atoms with van der Waals surface area (Å²) >= 11 is 0. The largest absolute Gasteiger partial charge is 0.340 e. The van der Waals surface area contributed by atoms with Crippen LogP contribution in [0, 0.1) is 0 Å². The molecule has 1 N–H and O–H groups in total. The van der Waals surface area contributed by atoms with Gasteiger partial charge in [0.15, 0.2) is 0 Å². The van der Waals surface area contributed by atoms with Crippen LogP contribution in [-0.2, 0) is 9.59 Å². The number of hydrogen-bond acceptors (Lipinski definition) is 2. The van der Waals surface area contributed by atoms with E-state index in [0.29, 0.717) is 12.8 Å². The summed E-state index contributed by atoms with van der Waals surface area (Å²) in [5.41, 5.74) is -0.734. The number of amides is 2. The van der Waals surface area contributed by atoms with Gasteiger partial charge in [-0.3, -0.25) is 9.59 Å². The number of piperazine rings is 1. The molecule has 4 heteroatoms. The minimum atomic E-state index is -0.734. The van der Waals surface area contributed by atoms with E-state index >= 15 is 0 Å². The molecule has 116 valence electrons. The Bertz CT molecular complexity index is 356. The van der Waals surface area contributed by atoms with Gasteiger partial charge >= 0.3 is 0 Å². The van der Waals surface area contributed by atoms with Crippen molar-refractivity contribution in [1.82, 2.24) is 10.2 Å². The summed E-state index contributed by atoms with van der Waals surface area (Å²) < 4.78 is 0. The number of nitrogens with zero attached hydrogens (tertiary/aromatic N) is 1. The van der Waals surface area contributed by atoms with Crippen molar-refractivity contribution in [2.24, 2.45) is 0 Å². The smallest absolute Gasteiger partial charge is 0.248 e. The molecule has 20 heavy (non-hydrogen) atoms. The molecular weight excluding hydrogens is 252 g/mol. The maximum atomic E-state index is 12.8. The normalized spacial score (nSPS) is 28.4. The second-order valence-electron chi connectivity index (χ2n) is 6.16. The van der Waals surface area contributed by atoms with Gasteiger partial charge in [0.2, 0.25) is 11.8 Å². The molecule has 0 aromatic carbocycles. The summed E-state index contributed by atoms with van der Waals surface area (Å²) in [5.74, 6) is 0.0780. The first-order chi connectivity index (χ1) is 9.41. The van der Waals surface area contributed by atoms with Crippen LogP contribution >= 0.6 is 0 Å². The average molecular weight is 282 g/mol.